The van der Waals surface area contributed by atoms with E-state index in [1.807, 2.05) is 32.0 Å². The van der Waals surface area contributed by atoms with Crippen LogP contribution in [0.25, 0.3) is 0 Å². The van der Waals surface area contributed by atoms with Crippen LogP contribution in [0.2, 0.25) is 0 Å². The number of carbonyl (C=O) groups excluding carboxylic acids is 1. The van der Waals surface area contributed by atoms with Crippen LogP contribution in [-0.4, -0.2) is 23.8 Å². The number of aryl methyl sites for hydroxylation is 1. The van der Waals surface area contributed by atoms with E-state index in [1.165, 1.54) is 0 Å². The Morgan fingerprint density at radius 1 is 1.50 bits per heavy atom. The molecule has 1 atom stereocenters. The molecule has 0 aromatic heterocycles. The quantitative estimate of drug-likeness (QED) is 0.782. The van der Waals surface area contributed by atoms with Crippen molar-refractivity contribution >= 4 is 27.6 Å². The molecular formula is C13H19BrN2O2. The van der Waals surface area contributed by atoms with E-state index in [9.17, 15) is 9.90 Å². The number of carbonyl (C=O) groups is 1. The predicted octanol–water partition coefficient (Wildman–Crippen LogP) is 3.04. The Labute approximate surface area is 116 Å². The molecule has 1 aromatic rings. The molecule has 1 aromatic carbocycles. The van der Waals surface area contributed by atoms with Gasteiger partial charge in [-0.15, -0.1) is 0 Å². The Morgan fingerprint density at radius 3 is 2.89 bits per heavy atom. The molecule has 1 unspecified atom stereocenters. The zero-order chi connectivity index (χ0) is 13.5. The average Bonchev–Trinajstić information content (AvgIpc) is 2.33. The van der Waals surface area contributed by atoms with Crippen molar-refractivity contribution in [3.63, 3.8) is 0 Å². The number of urea groups is 1. The third-order valence-corrected chi connectivity index (χ3v) is 3.30. The summed E-state index contributed by atoms with van der Waals surface area (Å²) in [6.45, 7) is 4.34. The minimum atomic E-state index is -0.351. The van der Waals surface area contributed by atoms with Crippen LogP contribution >= 0.6 is 15.9 Å². The van der Waals surface area contributed by atoms with E-state index in [1.54, 1.807) is 0 Å². The minimum Gasteiger partial charge on any atom is -0.393 e. The molecule has 5 heteroatoms. The summed E-state index contributed by atoms with van der Waals surface area (Å²) in [6, 6.07) is 5.49. The van der Waals surface area contributed by atoms with E-state index in [2.05, 4.69) is 26.6 Å². The summed E-state index contributed by atoms with van der Waals surface area (Å²) >= 11 is 3.38. The lowest BCUT2D eigenvalue weighted by Gasteiger charge is -2.11. The van der Waals surface area contributed by atoms with Crippen LogP contribution < -0.4 is 10.6 Å². The fraction of sp³-hybridized carbons (Fsp3) is 0.462. The van der Waals surface area contributed by atoms with Gasteiger partial charge in [-0.25, -0.2) is 4.79 Å². The number of aliphatic hydroxyl groups is 1. The second kappa shape index (κ2) is 7.38. The fourth-order valence-corrected chi connectivity index (χ4v) is 1.80. The molecule has 2 amide bonds. The lowest BCUT2D eigenvalue weighted by atomic mass is 10.2. The molecule has 0 radical (unpaired) electrons. The number of halogens is 1. The van der Waals surface area contributed by atoms with E-state index in [0.717, 1.165) is 15.7 Å². The van der Waals surface area contributed by atoms with Crippen molar-refractivity contribution in [2.24, 2.45) is 0 Å². The van der Waals surface area contributed by atoms with Crippen LogP contribution in [0.4, 0.5) is 10.5 Å². The summed E-state index contributed by atoms with van der Waals surface area (Å²) in [6.07, 6.45) is 0.919. The maximum absolute atomic E-state index is 11.6. The molecule has 3 N–H and O–H groups in total. The number of aliphatic hydroxyl groups excluding tert-OH is 1. The third kappa shape index (κ3) is 5.06. The number of hydrogen-bond acceptors (Lipinski definition) is 2. The highest BCUT2D eigenvalue weighted by Crippen LogP contribution is 2.23. The standard InChI is InChI=1S/C13H19BrN2O2/c1-3-10(17)6-7-15-13(18)16-12-8-9(2)4-5-11(12)14/h4-5,8,10,17H,3,6-7H2,1-2H3,(H2,15,16,18). The second-order valence-corrected chi connectivity index (χ2v) is 5.07. The molecule has 0 saturated carbocycles. The Balaban J connectivity index is 2.42. The zero-order valence-electron chi connectivity index (χ0n) is 10.7. The maximum Gasteiger partial charge on any atom is 0.319 e. The normalized spacial score (nSPS) is 12.0. The molecule has 1 rings (SSSR count). The summed E-state index contributed by atoms with van der Waals surface area (Å²) < 4.78 is 0.844. The van der Waals surface area contributed by atoms with Crippen molar-refractivity contribution in [1.29, 1.82) is 0 Å². The van der Waals surface area contributed by atoms with Crippen molar-refractivity contribution in [3.05, 3.63) is 28.2 Å². The topological polar surface area (TPSA) is 61.4 Å². The molecule has 0 heterocycles. The lowest BCUT2D eigenvalue weighted by molar-refractivity contribution is 0.160. The van der Waals surface area contributed by atoms with Crippen molar-refractivity contribution in [3.8, 4) is 0 Å². The van der Waals surface area contributed by atoms with Gasteiger partial charge in [-0.2, -0.15) is 0 Å². The van der Waals surface area contributed by atoms with Crippen LogP contribution in [0.1, 0.15) is 25.3 Å². The van der Waals surface area contributed by atoms with Gasteiger partial charge in [-0.3, -0.25) is 0 Å². The monoisotopic (exact) mass is 314 g/mol. The number of hydrogen-bond donors (Lipinski definition) is 3. The van der Waals surface area contributed by atoms with E-state index in [0.29, 0.717) is 19.4 Å². The van der Waals surface area contributed by atoms with E-state index in [-0.39, 0.29) is 12.1 Å². The fourth-order valence-electron chi connectivity index (χ4n) is 1.46. The minimum absolute atomic E-state index is 0.260. The first-order valence-corrected chi connectivity index (χ1v) is 6.81. The van der Waals surface area contributed by atoms with Gasteiger partial charge in [0.2, 0.25) is 0 Å². The van der Waals surface area contributed by atoms with Crippen LogP contribution in [0, 0.1) is 6.92 Å². The molecule has 0 fully saturated rings. The molecule has 4 nitrogen and oxygen atoms in total. The Morgan fingerprint density at radius 2 is 2.22 bits per heavy atom. The highest BCUT2D eigenvalue weighted by atomic mass is 79.9. The van der Waals surface area contributed by atoms with E-state index in [4.69, 9.17) is 0 Å². The molecular weight excluding hydrogens is 296 g/mol. The Kier molecular flexibility index (Phi) is 6.15. The maximum atomic E-state index is 11.6. The molecule has 0 aliphatic rings. The van der Waals surface area contributed by atoms with Crippen molar-refractivity contribution in [1.82, 2.24) is 5.32 Å². The molecule has 0 spiro atoms. The SMILES string of the molecule is CCC(O)CCNC(=O)Nc1cc(C)ccc1Br. The molecule has 18 heavy (non-hydrogen) atoms. The predicted molar refractivity (Wildman–Crippen MR) is 76.8 cm³/mol. The van der Waals surface area contributed by atoms with E-state index >= 15 is 0 Å². The summed E-state index contributed by atoms with van der Waals surface area (Å²) in [7, 11) is 0. The van der Waals surface area contributed by atoms with Gasteiger partial charge in [0.15, 0.2) is 0 Å². The van der Waals surface area contributed by atoms with Crippen molar-refractivity contribution < 1.29 is 9.90 Å². The number of nitrogens with one attached hydrogen (secondary N) is 2. The first kappa shape index (κ1) is 15.0. The number of anilines is 1. The van der Waals surface area contributed by atoms with Gasteiger partial charge in [0.05, 0.1) is 11.8 Å². The number of amides is 2. The van der Waals surface area contributed by atoms with Gasteiger partial charge >= 0.3 is 6.03 Å². The van der Waals surface area contributed by atoms with Gasteiger partial charge in [-0.1, -0.05) is 13.0 Å². The van der Waals surface area contributed by atoms with Crippen molar-refractivity contribution in [2.45, 2.75) is 32.8 Å². The number of benzene rings is 1. The van der Waals surface area contributed by atoms with Gasteiger partial charge < -0.3 is 15.7 Å². The summed E-state index contributed by atoms with van der Waals surface area (Å²) in [4.78, 5) is 11.6. The second-order valence-electron chi connectivity index (χ2n) is 4.21. The number of rotatable bonds is 5. The molecule has 100 valence electrons. The summed E-state index contributed by atoms with van der Waals surface area (Å²) in [5.41, 5.74) is 1.82. The molecule has 0 bridgehead atoms. The lowest BCUT2D eigenvalue weighted by Crippen LogP contribution is -2.31. The van der Waals surface area contributed by atoms with Gasteiger partial charge in [-0.05, 0) is 53.4 Å². The van der Waals surface area contributed by atoms with Crippen LogP contribution in [-0.2, 0) is 0 Å². The average molecular weight is 315 g/mol. The molecule has 0 aliphatic carbocycles. The smallest absolute Gasteiger partial charge is 0.319 e. The first-order chi connectivity index (χ1) is 8.52. The van der Waals surface area contributed by atoms with Gasteiger partial charge in [0.1, 0.15) is 0 Å². The van der Waals surface area contributed by atoms with Crippen LogP contribution in [0.5, 0.6) is 0 Å². The summed E-state index contributed by atoms with van der Waals surface area (Å²) in [5.74, 6) is 0. The highest BCUT2D eigenvalue weighted by Gasteiger charge is 2.06. The van der Waals surface area contributed by atoms with E-state index < -0.39 is 0 Å². The largest absolute Gasteiger partial charge is 0.393 e. The Bertz CT molecular complexity index is 410. The first-order valence-electron chi connectivity index (χ1n) is 6.02. The summed E-state index contributed by atoms with van der Waals surface area (Å²) in [5, 5.41) is 14.8. The van der Waals surface area contributed by atoms with Crippen LogP contribution in [0.15, 0.2) is 22.7 Å². The highest BCUT2D eigenvalue weighted by molar-refractivity contribution is 9.10. The van der Waals surface area contributed by atoms with Crippen LogP contribution in [0.3, 0.4) is 0 Å². The van der Waals surface area contributed by atoms with Crippen molar-refractivity contribution in [2.75, 3.05) is 11.9 Å². The molecule has 0 saturated heterocycles. The third-order valence-electron chi connectivity index (χ3n) is 2.60. The van der Waals surface area contributed by atoms with Gasteiger partial charge in [0.25, 0.3) is 0 Å². The van der Waals surface area contributed by atoms with Gasteiger partial charge in [0, 0.05) is 11.0 Å². The zero-order valence-corrected chi connectivity index (χ0v) is 12.3. The molecule has 0 aliphatic heterocycles. The Hall–Kier alpha value is -1.07.